The monoisotopic (exact) mass is 607 g/mol. The van der Waals surface area contributed by atoms with Crippen molar-refractivity contribution in [2.45, 2.75) is 69.5 Å². The minimum absolute atomic E-state index is 0.0134. The number of hydrogen-bond acceptors (Lipinski definition) is 6. The standard InChI is InChI=1S/C33H41N3O6S/c1-24-12-8-9-13-26(24)22-35(25(2)33(38)34-27-14-6-5-7-15-27)32(37)23-36(30-16-10-11-17-31(30)42-4)43(39,40)29-20-18-28(41-3)19-21-29/h8-13,16-21,25,27H,5-7,14-15,22-23H2,1-4H3,(H,34,38)/t25-/m1/s1. The lowest BCUT2D eigenvalue weighted by atomic mass is 9.95. The van der Waals surface area contributed by atoms with Crippen molar-refractivity contribution >= 4 is 27.5 Å². The molecule has 1 aliphatic carbocycles. The van der Waals surface area contributed by atoms with E-state index in [0.29, 0.717) is 11.5 Å². The average Bonchev–Trinajstić information content (AvgIpc) is 3.03. The fraction of sp³-hybridized carbons (Fsp3) is 0.394. The Hall–Kier alpha value is -4.05. The first-order valence-electron chi connectivity index (χ1n) is 14.6. The topological polar surface area (TPSA) is 105 Å². The van der Waals surface area contributed by atoms with Crippen LogP contribution >= 0.6 is 0 Å². The van der Waals surface area contributed by atoms with Crippen LogP contribution in [0.1, 0.15) is 50.2 Å². The van der Waals surface area contributed by atoms with E-state index in [9.17, 15) is 18.0 Å². The highest BCUT2D eigenvalue weighted by Gasteiger charge is 2.34. The third-order valence-electron chi connectivity index (χ3n) is 8.00. The lowest BCUT2D eigenvalue weighted by Crippen LogP contribution is -2.53. The molecule has 1 fully saturated rings. The number of rotatable bonds is 12. The summed E-state index contributed by atoms with van der Waals surface area (Å²) in [6, 6.07) is 19.5. The van der Waals surface area contributed by atoms with Gasteiger partial charge in [0.05, 0.1) is 24.8 Å². The lowest BCUT2D eigenvalue weighted by Gasteiger charge is -2.33. The van der Waals surface area contributed by atoms with E-state index in [1.54, 1.807) is 43.3 Å². The zero-order chi connectivity index (χ0) is 31.0. The maximum absolute atomic E-state index is 14.2. The zero-order valence-corrected chi connectivity index (χ0v) is 26.1. The first kappa shape index (κ1) is 31.9. The minimum Gasteiger partial charge on any atom is -0.497 e. The summed E-state index contributed by atoms with van der Waals surface area (Å²) in [5, 5.41) is 3.13. The molecule has 3 aromatic carbocycles. The molecule has 1 atom stereocenters. The van der Waals surface area contributed by atoms with Crippen molar-refractivity contribution in [3.05, 3.63) is 83.9 Å². The van der Waals surface area contributed by atoms with Crippen LogP contribution in [0.25, 0.3) is 0 Å². The SMILES string of the molecule is COc1ccc(S(=O)(=O)N(CC(=O)N(Cc2ccccc2C)[C@H](C)C(=O)NC2CCCCC2)c2ccccc2OC)cc1. The summed E-state index contributed by atoms with van der Waals surface area (Å²) in [6.07, 6.45) is 5.09. The molecule has 0 saturated heterocycles. The van der Waals surface area contributed by atoms with Gasteiger partial charge in [-0.2, -0.15) is 0 Å². The highest BCUT2D eigenvalue weighted by Crippen LogP contribution is 2.33. The molecule has 1 N–H and O–H groups in total. The highest BCUT2D eigenvalue weighted by molar-refractivity contribution is 7.92. The second kappa shape index (κ2) is 14.4. The number of carbonyl (C=O) groups is 2. The van der Waals surface area contributed by atoms with Crippen molar-refractivity contribution in [1.29, 1.82) is 0 Å². The number of anilines is 1. The summed E-state index contributed by atoms with van der Waals surface area (Å²) in [4.78, 5) is 29.2. The van der Waals surface area contributed by atoms with E-state index in [1.165, 1.54) is 31.3 Å². The van der Waals surface area contributed by atoms with E-state index >= 15 is 0 Å². The number of amides is 2. The Kier molecular flexibility index (Phi) is 10.7. The average molecular weight is 608 g/mol. The van der Waals surface area contributed by atoms with Gasteiger partial charge in [-0.1, -0.05) is 55.7 Å². The van der Waals surface area contributed by atoms with Gasteiger partial charge < -0.3 is 19.7 Å². The van der Waals surface area contributed by atoms with Gasteiger partial charge in [-0.25, -0.2) is 8.42 Å². The van der Waals surface area contributed by atoms with Gasteiger partial charge in [0.15, 0.2) is 0 Å². The van der Waals surface area contributed by atoms with E-state index in [-0.39, 0.29) is 29.1 Å². The number of nitrogens with zero attached hydrogens (tertiary/aromatic N) is 2. The van der Waals surface area contributed by atoms with Crippen LogP contribution in [-0.4, -0.2) is 58.0 Å². The molecular formula is C33H41N3O6S. The molecule has 1 saturated carbocycles. The van der Waals surface area contributed by atoms with Crippen LogP contribution in [0.15, 0.2) is 77.7 Å². The van der Waals surface area contributed by atoms with Crippen LogP contribution in [0.3, 0.4) is 0 Å². The second-order valence-corrected chi connectivity index (χ2v) is 12.7. The van der Waals surface area contributed by atoms with Crippen molar-refractivity contribution < 1.29 is 27.5 Å². The number of hydrogen-bond donors (Lipinski definition) is 1. The molecule has 0 radical (unpaired) electrons. The minimum atomic E-state index is -4.24. The van der Waals surface area contributed by atoms with E-state index in [2.05, 4.69) is 5.32 Å². The molecule has 0 bridgehead atoms. The predicted octanol–water partition coefficient (Wildman–Crippen LogP) is 5.07. The Bertz CT molecular complexity index is 1500. The third-order valence-corrected chi connectivity index (χ3v) is 9.77. The molecule has 230 valence electrons. The molecule has 2 amide bonds. The van der Waals surface area contributed by atoms with Gasteiger partial charge in [0.2, 0.25) is 11.8 Å². The van der Waals surface area contributed by atoms with Gasteiger partial charge in [-0.3, -0.25) is 13.9 Å². The first-order chi connectivity index (χ1) is 20.6. The van der Waals surface area contributed by atoms with Gasteiger partial charge >= 0.3 is 0 Å². The molecule has 43 heavy (non-hydrogen) atoms. The van der Waals surface area contributed by atoms with E-state index in [4.69, 9.17) is 9.47 Å². The van der Waals surface area contributed by atoms with Crippen LogP contribution < -0.4 is 19.1 Å². The Morgan fingerprint density at radius 1 is 0.907 bits per heavy atom. The van der Waals surface area contributed by atoms with Gasteiger partial charge in [0.25, 0.3) is 10.0 Å². The molecule has 0 unspecified atom stereocenters. The van der Waals surface area contributed by atoms with Crippen molar-refractivity contribution in [1.82, 2.24) is 10.2 Å². The quantitative estimate of drug-likeness (QED) is 0.308. The summed E-state index contributed by atoms with van der Waals surface area (Å²) in [5.74, 6) is 0.0234. The molecule has 0 aromatic heterocycles. The molecule has 0 heterocycles. The maximum Gasteiger partial charge on any atom is 0.264 e. The maximum atomic E-state index is 14.2. The fourth-order valence-corrected chi connectivity index (χ4v) is 6.77. The van der Waals surface area contributed by atoms with Crippen molar-refractivity contribution in [3.63, 3.8) is 0 Å². The van der Waals surface area contributed by atoms with E-state index in [1.807, 2.05) is 31.2 Å². The number of nitrogens with one attached hydrogen (secondary N) is 1. The van der Waals surface area contributed by atoms with E-state index < -0.39 is 28.5 Å². The van der Waals surface area contributed by atoms with Gasteiger partial charge in [-0.05, 0) is 74.2 Å². The Morgan fingerprint density at radius 3 is 2.21 bits per heavy atom. The number of ether oxygens (including phenoxy) is 2. The Morgan fingerprint density at radius 2 is 1.56 bits per heavy atom. The lowest BCUT2D eigenvalue weighted by molar-refractivity contribution is -0.139. The van der Waals surface area contributed by atoms with Gasteiger partial charge in [0.1, 0.15) is 24.1 Å². The van der Waals surface area contributed by atoms with E-state index in [0.717, 1.165) is 47.5 Å². The number of sulfonamides is 1. The van der Waals surface area contributed by atoms with Crippen LogP contribution in [-0.2, 0) is 26.2 Å². The third kappa shape index (κ3) is 7.67. The van der Waals surface area contributed by atoms with Gasteiger partial charge in [0, 0.05) is 12.6 Å². The number of methoxy groups -OCH3 is 2. The second-order valence-electron chi connectivity index (χ2n) is 10.8. The molecule has 1 aliphatic rings. The van der Waals surface area contributed by atoms with Crippen LogP contribution in [0.2, 0.25) is 0 Å². The summed E-state index contributed by atoms with van der Waals surface area (Å²) < 4.78 is 40.0. The number of para-hydroxylation sites is 2. The largest absolute Gasteiger partial charge is 0.497 e. The normalized spacial score (nSPS) is 14.4. The summed E-state index contributed by atoms with van der Waals surface area (Å²) in [6.45, 7) is 3.24. The molecule has 10 heteroatoms. The number of carbonyl (C=O) groups excluding carboxylic acids is 2. The van der Waals surface area contributed by atoms with Gasteiger partial charge in [-0.15, -0.1) is 0 Å². The molecule has 9 nitrogen and oxygen atoms in total. The molecule has 3 aromatic rings. The van der Waals surface area contributed by atoms with Crippen molar-refractivity contribution in [2.75, 3.05) is 25.1 Å². The summed E-state index contributed by atoms with van der Waals surface area (Å²) in [7, 11) is -1.30. The zero-order valence-electron chi connectivity index (χ0n) is 25.3. The van der Waals surface area contributed by atoms with Crippen molar-refractivity contribution in [2.24, 2.45) is 0 Å². The molecule has 4 rings (SSSR count). The number of benzene rings is 3. The number of aryl methyl sites for hydroxylation is 1. The van der Waals surface area contributed by atoms with Crippen LogP contribution in [0.5, 0.6) is 11.5 Å². The van der Waals surface area contributed by atoms with Crippen LogP contribution in [0.4, 0.5) is 5.69 Å². The molecule has 0 aliphatic heterocycles. The fourth-order valence-electron chi connectivity index (χ4n) is 5.35. The Balaban J connectivity index is 1.71. The summed E-state index contributed by atoms with van der Waals surface area (Å²) >= 11 is 0. The molecular weight excluding hydrogens is 566 g/mol. The Labute approximate surface area is 254 Å². The van der Waals surface area contributed by atoms with Crippen molar-refractivity contribution in [3.8, 4) is 11.5 Å². The molecule has 0 spiro atoms. The predicted molar refractivity (Wildman–Crippen MR) is 167 cm³/mol. The van der Waals surface area contributed by atoms with Crippen LogP contribution in [0, 0.1) is 6.92 Å². The smallest absolute Gasteiger partial charge is 0.264 e. The highest BCUT2D eigenvalue weighted by atomic mass is 32.2. The summed E-state index contributed by atoms with van der Waals surface area (Å²) in [5.41, 5.74) is 2.05. The first-order valence-corrected chi connectivity index (χ1v) is 16.0.